The number of rotatable bonds is 2. The van der Waals surface area contributed by atoms with Crippen molar-refractivity contribution in [3.8, 4) is 0 Å². The predicted molar refractivity (Wildman–Crippen MR) is 100 cm³/mol. The van der Waals surface area contributed by atoms with Crippen LogP contribution in [-0.2, 0) is 17.9 Å². The third-order valence-corrected chi connectivity index (χ3v) is 5.82. The van der Waals surface area contributed by atoms with Gasteiger partial charge in [-0.3, -0.25) is 9.59 Å². The molecule has 1 amide bonds. The molecule has 26 heavy (non-hydrogen) atoms. The number of carbonyl (C=O) groups is 1. The van der Waals surface area contributed by atoms with Gasteiger partial charge in [-0.05, 0) is 35.9 Å². The molecule has 0 saturated carbocycles. The van der Waals surface area contributed by atoms with Gasteiger partial charge in [0.05, 0.1) is 0 Å². The van der Waals surface area contributed by atoms with E-state index in [9.17, 15) is 9.59 Å². The molecule has 2 aromatic heterocycles. The lowest BCUT2D eigenvalue weighted by molar-refractivity contribution is -0.134. The lowest BCUT2D eigenvalue weighted by Gasteiger charge is -2.42. The molecular formula is C21H21N3O2. The number of amides is 1. The summed E-state index contributed by atoms with van der Waals surface area (Å²) in [6.45, 7) is 2.55. The molecule has 1 aromatic carbocycles. The Morgan fingerprint density at radius 2 is 1.88 bits per heavy atom. The zero-order chi connectivity index (χ0) is 17.7. The van der Waals surface area contributed by atoms with Gasteiger partial charge in [0.15, 0.2) is 0 Å². The van der Waals surface area contributed by atoms with Crippen LogP contribution in [0.15, 0.2) is 59.5 Å². The maximum atomic E-state index is 13.0. The van der Waals surface area contributed by atoms with Crippen molar-refractivity contribution < 1.29 is 4.79 Å². The quantitative estimate of drug-likeness (QED) is 0.715. The van der Waals surface area contributed by atoms with Gasteiger partial charge in [0.1, 0.15) is 6.54 Å². The van der Waals surface area contributed by atoms with E-state index in [1.807, 2.05) is 44.5 Å². The van der Waals surface area contributed by atoms with Gasteiger partial charge in [0.2, 0.25) is 5.91 Å². The normalized spacial score (nSPS) is 21.6. The van der Waals surface area contributed by atoms with E-state index >= 15 is 0 Å². The zero-order valence-corrected chi connectivity index (χ0v) is 14.5. The fraction of sp³-hybridized carbons (Fsp3) is 0.333. The Bertz CT molecular complexity index is 1050. The monoisotopic (exact) mass is 347 g/mol. The first kappa shape index (κ1) is 15.4. The highest BCUT2D eigenvalue weighted by Gasteiger charge is 2.36. The van der Waals surface area contributed by atoms with E-state index in [4.69, 9.17) is 0 Å². The second-order valence-electron chi connectivity index (χ2n) is 7.50. The van der Waals surface area contributed by atoms with Crippen molar-refractivity contribution in [2.45, 2.75) is 25.4 Å². The van der Waals surface area contributed by atoms with Crippen LogP contribution in [0.2, 0.25) is 0 Å². The molecule has 132 valence electrons. The van der Waals surface area contributed by atoms with Crippen molar-refractivity contribution in [1.82, 2.24) is 14.0 Å². The number of carbonyl (C=O) groups excluding carboxylic acids is 1. The number of fused-ring (bicyclic) bond motifs is 5. The number of pyridine rings is 1. The Hall–Kier alpha value is -2.82. The number of para-hydroxylation sites is 1. The van der Waals surface area contributed by atoms with Crippen LogP contribution in [0.5, 0.6) is 0 Å². The molecule has 3 aromatic rings. The third kappa shape index (κ3) is 2.46. The number of piperidine rings is 1. The number of hydrogen-bond acceptors (Lipinski definition) is 2. The Labute approximate surface area is 151 Å². The van der Waals surface area contributed by atoms with E-state index in [0.29, 0.717) is 19.0 Å². The lowest BCUT2D eigenvalue weighted by Crippen LogP contribution is -2.49. The molecule has 5 heteroatoms. The number of hydrogen-bond donors (Lipinski definition) is 0. The molecule has 0 unspecified atom stereocenters. The standard InChI is InChI=1S/C21H21N3O2/c25-20-7-3-6-19-17-10-15(12-24(19)20)11-23(13-17)21(26)14-22-9-8-16-4-1-2-5-18(16)22/h1-9,15,17H,10-14H2/t15-,17+/m1/s1. The molecule has 2 aliphatic heterocycles. The number of benzene rings is 1. The summed E-state index contributed by atoms with van der Waals surface area (Å²) >= 11 is 0. The first-order chi connectivity index (χ1) is 12.7. The van der Waals surface area contributed by atoms with Crippen molar-refractivity contribution in [3.05, 3.63) is 70.8 Å². The minimum Gasteiger partial charge on any atom is -0.340 e. The summed E-state index contributed by atoms with van der Waals surface area (Å²) in [6, 6.07) is 15.7. The van der Waals surface area contributed by atoms with Gasteiger partial charge in [-0.2, -0.15) is 0 Å². The van der Waals surface area contributed by atoms with Crippen LogP contribution >= 0.6 is 0 Å². The second kappa shape index (κ2) is 5.87. The highest BCUT2D eigenvalue weighted by atomic mass is 16.2. The molecule has 0 N–H and O–H groups in total. The van der Waals surface area contributed by atoms with Crippen LogP contribution in [0.4, 0.5) is 0 Å². The molecular weight excluding hydrogens is 326 g/mol. The van der Waals surface area contributed by atoms with Gasteiger partial charge in [0.25, 0.3) is 5.56 Å². The smallest absolute Gasteiger partial charge is 0.250 e. The molecule has 1 saturated heterocycles. The molecule has 0 spiro atoms. The van der Waals surface area contributed by atoms with E-state index in [2.05, 4.69) is 18.2 Å². The Balaban J connectivity index is 1.39. The van der Waals surface area contributed by atoms with Gasteiger partial charge in [-0.15, -0.1) is 0 Å². The van der Waals surface area contributed by atoms with Gasteiger partial charge in [-0.1, -0.05) is 24.3 Å². The van der Waals surface area contributed by atoms with E-state index in [0.717, 1.165) is 36.1 Å². The van der Waals surface area contributed by atoms with Crippen molar-refractivity contribution in [1.29, 1.82) is 0 Å². The van der Waals surface area contributed by atoms with Crippen LogP contribution < -0.4 is 5.56 Å². The van der Waals surface area contributed by atoms with E-state index in [1.54, 1.807) is 6.07 Å². The molecule has 5 nitrogen and oxygen atoms in total. The summed E-state index contributed by atoms with van der Waals surface area (Å²) in [4.78, 5) is 27.1. The Morgan fingerprint density at radius 3 is 2.81 bits per heavy atom. The molecule has 1 fully saturated rings. The molecule has 2 atom stereocenters. The van der Waals surface area contributed by atoms with E-state index in [1.165, 1.54) is 0 Å². The summed E-state index contributed by atoms with van der Waals surface area (Å²) < 4.78 is 3.93. The summed E-state index contributed by atoms with van der Waals surface area (Å²) in [6.07, 6.45) is 3.06. The second-order valence-corrected chi connectivity index (χ2v) is 7.50. The molecule has 0 aliphatic carbocycles. The van der Waals surface area contributed by atoms with Crippen molar-refractivity contribution in [2.75, 3.05) is 13.1 Å². The number of likely N-dealkylation sites (tertiary alicyclic amines) is 1. The van der Waals surface area contributed by atoms with Crippen LogP contribution in [0.1, 0.15) is 18.0 Å². The Morgan fingerprint density at radius 1 is 1.00 bits per heavy atom. The lowest BCUT2D eigenvalue weighted by atomic mass is 9.83. The van der Waals surface area contributed by atoms with Gasteiger partial charge < -0.3 is 14.0 Å². The molecule has 5 rings (SSSR count). The average Bonchev–Trinajstić information content (AvgIpc) is 3.05. The SMILES string of the molecule is O=C(Cn1ccc2ccccc21)N1C[C@H]2C[C@@H](C1)c1cccc(=O)n1C2. The zero-order valence-electron chi connectivity index (χ0n) is 14.5. The van der Waals surface area contributed by atoms with Gasteiger partial charge in [-0.25, -0.2) is 0 Å². The summed E-state index contributed by atoms with van der Waals surface area (Å²) in [5.41, 5.74) is 2.25. The van der Waals surface area contributed by atoms with Crippen molar-refractivity contribution in [2.24, 2.45) is 5.92 Å². The van der Waals surface area contributed by atoms with Gasteiger partial charge in [0, 0.05) is 49.0 Å². The molecule has 2 aliphatic rings. The Kier molecular flexibility index (Phi) is 3.48. The average molecular weight is 347 g/mol. The van der Waals surface area contributed by atoms with Crippen molar-refractivity contribution in [3.63, 3.8) is 0 Å². The fourth-order valence-electron chi connectivity index (χ4n) is 4.62. The first-order valence-electron chi connectivity index (χ1n) is 9.20. The predicted octanol–water partition coefficient (Wildman–Crippen LogP) is 2.45. The number of nitrogens with zero attached hydrogens (tertiary/aromatic N) is 3. The maximum absolute atomic E-state index is 13.0. The van der Waals surface area contributed by atoms with Crippen molar-refractivity contribution >= 4 is 16.8 Å². The number of aromatic nitrogens is 2. The summed E-state index contributed by atoms with van der Waals surface area (Å²) in [5.74, 6) is 0.793. The minimum atomic E-state index is 0.0794. The molecule has 2 bridgehead atoms. The fourth-order valence-corrected chi connectivity index (χ4v) is 4.62. The van der Waals surface area contributed by atoms with Crippen LogP contribution in [0.3, 0.4) is 0 Å². The van der Waals surface area contributed by atoms with E-state index in [-0.39, 0.29) is 17.4 Å². The topological polar surface area (TPSA) is 47.2 Å². The largest absolute Gasteiger partial charge is 0.340 e. The van der Waals surface area contributed by atoms with Crippen LogP contribution in [0.25, 0.3) is 10.9 Å². The summed E-state index contributed by atoms with van der Waals surface area (Å²) in [5, 5.41) is 1.16. The third-order valence-electron chi connectivity index (χ3n) is 5.82. The first-order valence-corrected chi connectivity index (χ1v) is 9.20. The summed E-state index contributed by atoms with van der Waals surface area (Å²) in [7, 11) is 0. The molecule has 0 radical (unpaired) electrons. The van der Waals surface area contributed by atoms with Crippen LogP contribution in [0, 0.1) is 5.92 Å². The highest BCUT2D eigenvalue weighted by Crippen LogP contribution is 2.35. The maximum Gasteiger partial charge on any atom is 0.250 e. The van der Waals surface area contributed by atoms with Gasteiger partial charge >= 0.3 is 0 Å². The van der Waals surface area contributed by atoms with Crippen LogP contribution in [-0.4, -0.2) is 33.0 Å². The van der Waals surface area contributed by atoms with E-state index < -0.39 is 0 Å². The highest BCUT2D eigenvalue weighted by molar-refractivity contribution is 5.83. The molecule has 4 heterocycles. The minimum absolute atomic E-state index is 0.0794.